The highest BCUT2D eigenvalue weighted by Crippen LogP contribution is 2.20. The first kappa shape index (κ1) is 15.6. The average Bonchev–Trinajstić information content (AvgIpc) is 2.87. The summed E-state index contributed by atoms with van der Waals surface area (Å²) in [4.78, 5) is 12.3. The molecule has 0 saturated carbocycles. The second kappa shape index (κ2) is 6.81. The number of halogens is 1. The minimum absolute atomic E-state index is 0.0250. The number of rotatable bonds is 5. The summed E-state index contributed by atoms with van der Waals surface area (Å²) in [5, 5.41) is 3.01. The van der Waals surface area contributed by atoms with Crippen molar-refractivity contribution >= 4 is 17.5 Å². The van der Waals surface area contributed by atoms with E-state index in [2.05, 4.69) is 5.32 Å². The van der Waals surface area contributed by atoms with Crippen molar-refractivity contribution in [1.29, 1.82) is 0 Å². The molecule has 1 unspecified atom stereocenters. The van der Waals surface area contributed by atoms with Gasteiger partial charge >= 0.3 is 0 Å². The van der Waals surface area contributed by atoms with Gasteiger partial charge in [-0.25, -0.2) is 0 Å². The molecule has 0 aliphatic carbocycles. The van der Waals surface area contributed by atoms with Gasteiger partial charge in [-0.2, -0.15) is 0 Å². The third kappa shape index (κ3) is 3.67. The molecule has 1 atom stereocenters. The lowest BCUT2D eigenvalue weighted by molar-refractivity contribution is 0.0906. The van der Waals surface area contributed by atoms with Crippen LogP contribution in [0.1, 0.15) is 52.4 Å². The Balaban J connectivity index is 2.13. The summed E-state index contributed by atoms with van der Waals surface area (Å²) in [5.74, 6) is 1.15. The van der Waals surface area contributed by atoms with Gasteiger partial charge in [0.1, 0.15) is 5.76 Å². The Morgan fingerprint density at radius 1 is 1.29 bits per heavy atom. The molecule has 21 heavy (non-hydrogen) atoms. The number of amides is 1. The number of alkyl halides is 1. The third-order valence-corrected chi connectivity index (χ3v) is 3.87. The number of benzene rings is 1. The van der Waals surface area contributed by atoms with E-state index in [1.165, 1.54) is 5.56 Å². The van der Waals surface area contributed by atoms with Crippen LogP contribution in [-0.4, -0.2) is 5.91 Å². The van der Waals surface area contributed by atoms with Gasteiger partial charge in [-0.1, -0.05) is 36.8 Å². The van der Waals surface area contributed by atoms with Crippen molar-refractivity contribution < 1.29 is 9.21 Å². The van der Waals surface area contributed by atoms with E-state index in [0.29, 0.717) is 17.4 Å². The Labute approximate surface area is 130 Å². The molecule has 4 heteroatoms. The highest BCUT2D eigenvalue weighted by molar-refractivity contribution is 6.17. The summed E-state index contributed by atoms with van der Waals surface area (Å²) in [7, 11) is 0. The van der Waals surface area contributed by atoms with E-state index >= 15 is 0 Å². The summed E-state index contributed by atoms with van der Waals surface area (Å²) in [5.41, 5.74) is 3.15. The molecule has 0 fully saturated rings. The van der Waals surface area contributed by atoms with Gasteiger partial charge in [-0.05, 0) is 31.9 Å². The number of carbonyl (C=O) groups is 1. The lowest BCUT2D eigenvalue weighted by atomic mass is 10.0. The zero-order valence-corrected chi connectivity index (χ0v) is 13.3. The lowest BCUT2D eigenvalue weighted by Gasteiger charge is -2.16. The zero-order chi connectivity index (χ0) is 15.4. The number of nitrogens with one attached hydrogen (secondary N) is 1. The van der Waals surface area contributed by atoms with Crippen LogP contribution in [0.2, 0.25) is 0 Å². The molecule has 1 aromatic carbocycles. The van der Waals surface area contributed by atoms with Crippen molar-refractivity contribution in [1.82, 2.24) is 5.32 Å². The van der Waals surface area contributed by atoms with E-state index < -0.39 is 0 Å². The number of carbonyl (C=O) groups excluding carboxylic acids is 1. The van der Waals surface area contributed by atoms with Gasteiger partial charge in [0.15, 0.2) is 5.76 Å². The second-order valence-electron chi connectivity index (χ2n) is 5.17. The Kier molecular flexibility index (Phi) is 5.07. The van der Waals surface area contributed by atoms with Crippen LogP contribution in [0, 0.1) is 13.8 Å². The molecular weight excluding hydrogens is 286 g/mol. The lowest BCUT2D eigenvalue weighted by Crippen LogP contribution is -2.27. The molecular formula is C17H20ClNO2. The van der Waals surface area contributed by atoms with Gasteiger partial charge < -0.3 is 9.73 Å². The van der Waals surface area contributed by atoms with E-state index in [9.17, 15) is 4.79 Å². The molecule has 3 nitrogen and oxygen atoms in total. The van der Waals surface area contributed by atoms with Crippen LogP contribution in [0.15, 0.2) is 34.7 Å². The maximum Gasteiger partial charge on any atom is 0.287 e. The molecule has 0 aliphatic rings. The first-order valence-corrected chi connectivity index (χ1v) is 7.61. The van der Waals surface area contributed by atoms with E-state index in [0.717, 1.165) is 17.5 Å². The zero-order valence-electron chi connectivity index (χ0n) is 12.6. The van der Waals surface area contributed by atoms with E-state index in [1.54, 1.807) is 6.07 Å². The number of hydrogen-bond donors (Lipinski definition) is 1. The maximum atomic E-state index is 12.3. The Bertz CT molecular complexity index is 616. The first-order chi connectivity index (χ1) is 10.0. The third-order valence-electron chi connectivity index (χ3n) is 3.58. The van der Waals surface area contributed by atoms with Crippen LogP contribution in [-0.2, 0) is 5.88 Å². The SMILES string of the molecule is CCC(NC(=O)c1cc(CCl)c(C)o1)c1ccc(C)cc1. The fourth-order valence-electron chi connectivity index (χ4n) is 2.21. The molecule has 112 valence electrons. The van der Waals surface area contributed by atoms with Crippen molar-refractivity contribution in [3.63, 3.8) is 0 Å². The minimum Gasteiger partial charge on any atom is -0.456 e. The van der Waals surface area contributed by atoms with Gasteiger partial charge in [0, 0.05) is 5.56 Å². The highest BCUT2D eigenvalue weighted by atomic mass is 35.5. The number of hydrogen-bond acceptors (Lipinski definition) is 2. The van der Waals surface area contributed by atoms with Crippen LogP contribution in [0.4, 0.5) is 0 Å². The van der Waals surface area contributed by atoms with E-state index in [1.807, 2.05) is 45.0 Å². The van der Waals surface area contributed by atoms with Crippen LogP contribution < -0.4 is 5.32 Å². The minimum atomic E-state index is -0.207. The number of furan rings is 1. The fourth-order valence-corrected chi connectivity index (χ4v) is 2.48. The summed E-state index contributed by atoms with van der Waals surface area (Å²) in [6.45, 7) is 5.90. The van der Waals surface area contributed by atoms with Crippen molar-refractivity contribution in [3.8, 4) is 0 Å². The fraction of sp³-hybridized carbons (Fsp3) is 0.353. The summed E-state index contributed by atoms with van der Waals surface area (Å²) in [6, 6.07) is 9.87. The average molecular weight is 306 g/mol. The second-order valence-corrected chi connectivity index (χ2v) is 5.44. The first-order valence-electron chi connectivity index (χ1n) is 7.07. The van der Waals surface area contributed by atoms with Crippen LogP contribution >= 0.6 is 11.6 Å². The van der Waals surface area contributed by atoms with Gasteiger partial charge in [0.25, 0.3) is 5.91 Å². The summed E-state index contributed by atoms with van der Waals surface area (Å²) in [6.07, 6.45) is 0.816. The van der Waals surface area contributed by atoms with Gasteiger partial charge in [-0.15, -0.1) is 11.6 Å². The van der Waals surface area contributed by atoms with Gasteiger partial charge in [0.05, 0.1) is 11.9 Å². The predicted molar refractivity (Wildman–Crippen MR) is 84.7 cm³/mol. The largest absolute Gasteiger partial charge is 0.456 e. The van der Waals surface area contributed by atoms with Crippen LogP contribution in [0.3, 0.4) is 0 Å². The van der Waals surface area contributed by atoms with Crippen molar-refractivity contribution in [2.45, 2.75) is 39.1 Å². The molecule has 0 radical (unpaired) electrons. The topological polar surface area (TPSA) is 42.2 Å². The molecule has 1 aromatic heterocycles. The molecule has 0 bridgehead atoms. The monoisotopic (exact) mass is 305 g/mol. The molecule has 2 aromatic rings. The predicted octanol–water partition coefficient (Wildman–Crippen LogP) is 4.52. The van der Waals surface area contributed by atoms with Crippen molar-refractivity contribution in [3.05, 3.63) is 58.5 Å². The number of aryl methyl sites for hydroxylation is 2. The molecule has 1 N–H and O–H groups in total. The quantitative estimate of drug-likeness (QED) is 0.825. The molecule has 1 amide bonds. The highest BCUT2D eigenvalue weighted by Gasteiger charge is 2.18. The smallest absolute Gasteiger partial charge is 0.287 e. The summed E-state index contributed by atoms with van der Waals surface area (Å²) >= 11 is 5.80. The van der Waals surface area contributed by atoms with Crippen LogP contribution in [0.5, 0.6) is 0 Å². The van der Waals surface area contributed by atoms with E-state index in [-0.39, 0.29) is 11.9 Å². The van der Waals surface area contributed by atoms with Crippen molar-refractivity contribution in [2.24, 2.45) is 0 Å². The molecule has 2 rings (SSSR count). The maximum absolute atomic E-state index is 12.3. The molecule has 0 spiro atoms. The van der Waals surface area contributed by atoms with Crippen LogP contribution in [0.25, 0.3) is 0 Å². The molecule has 0 saturated heterocycles. The van der Waals surface area contributed by atoms with Crippen molar-refractivity contribution in [2.75, 3.05) is 0 Å². The Morgan fingerprint density at radius 3 is 2.48 bits per heavy atom. The van der Waals surface area contributed by atoms with E-state index in [4.69, 9.17) is 16.0 Å². The summed E-state index contributed by atoms with van der Waals surface area (Å²) < 4.78 is 5.47. The Morgan fingerprint density at radius 2 is 1.95 bits per heavy atom. The Hall–Kier alpha value is -1.74. The standard InChI is InChI=1S/C17H20ClNO2/c1-4-15(13-7-5-11(2)6-8-13)19-17(20)16-9-14(10-18)12(3)21-16/h5-9,15H,4,10H2,1-3H3,(H,19,20). The molecule has 1 heterocycles. The van der Waals surface area contributed by atoms with Gasteiger partial charge in [-0.3, -0.25) is 4.79 Å². The molecule has 0 aliphatic heterocycles. The normalized spacial score (nSPS) is 12.2. The van der Waals surface area contributed by atoms with Gasteiger partial charge in [0.2, 0.25) is 0 Å².